The molecule has 18 heavy (non-hydrogen) atoms. The highest BCUT2D eigenvalue weighted by molar-refractivity contribution is 5.57. The minimum Gasteiger partial charge on any atom is -0.508 e. The maximum absolute atomic E-state index is 9.66. The van der Waals surface area contributed by atoms with Crippen LogP contribution in [-0.2, 0) is 4.74 Å². The van der Waals surface area contributed by atoms with Crippen molar-refractivity contribution in [2.45, 2.75) is 52.2 Å². The largest absolute Gasteiger partial charge is 0.508 e. The number of hydrogen-bond acceptors (Lipinski definition) is 3. The molecule has 1 fully saturated rings. The van der Waals surface area contributed by atoms with Gasteiger partial charge in [-0.05, 0) is 56.4 Å². The van der Waals surface area contributed by atoms with Crippen molar-refractivity contribution in [3.05, 3.63) is 23.3 Å². The van der Waals surface area contributed by atoms with Gasteiger partial charge in [-0.2, -0.15) is 0 Å². The zero-order valence-corrected chi connectivity index (χ0v) is 11.5. The van der Waals surface area contributed by atoms with Gasteiger partial charge in [0.05, 0.1) is 6.10 Å². The summed E-state index contributed by atoms with van der Waals surface area (Å²) in [5.41, 5.74) is 3.15. The van der Waals surface area contributed by atoms with Gasteiger partial charge in [0.1, 0.15) is 5.75 Å². The maximum Gasteiger partial charge on any atom is 0.118 e. The Labute approximate surface area is 109 Å². The van der Waals surface area contributed by atoms with E-state index in [4.69, 9.17) is 4.74 Å². The number of nitrogens with one attached hydrogen (secondary N) is 1. The molecule has 2 unspecified atom stereocenters. The Morgan fingerprint density at radius 1 is 1.33 bits per heavy atom. The molecule has 0 aromatic heterocycles. The van der Waals surface area contributed by atoms with Gasteiger partial charge in [-0.15, -0.1) is 0 Å². The van der Waals surface area contributed by atoms with Crippen LogP contribution >= 0.6 is 0 Å². The van der Waals surface area contributed by atoms with Crippen LogP contribution in [0.5, 0.6) is 5.75 Å². The lowest BCUT2D eigenvalue weighted by Gasteiger charge is -2.30. The summed E-state index contributed by atoms with van der Waals surface area (Å²) in [6.07, 6.45) is 3.58. The number of benzene rings is 1. The third-order valence-corrected chi connectivity index (χ3v) is 3.73. The van der Waals surface area contributed by atoms with E-state index < -0.39 is 0 Å². The molecule has 0 saturated carbocycles. The molecular formula is C15H23NO2. The van der Waals surface area contributed by atoms with Crippen LogP contribution in [0.15, 0.2) is 12.1 Å². The number of hydrogen-bond donors (Lipinski definition) is 2. The zero-order valence-electron chi connectivity index (χ0n) is 11.5. The van der Waals surface area contributed by atoms with Crippen LogP contribution in [0.1, 0.15) is 37.3 Å². The Bertz CT molecular complexity index is 417. The fourth-order valence-electron chi connectivity index (χ4n) is 2.47. The lowest BCUT2D eigenvalue weighted by Crippen LogP contribution is -2.33. The van der Waals surface area contributed by atoms with Gasteiger partial charge in [-0.25, -0.2) is 0 Å². The summed E-state index contributed by atoms with van der Waals surface area (Å²) in [6.45, 7) is 6.96. The van der Waals surface area contributed by atoms with Gasteiger partial charge in [0.15, 0.2) is 0 Å². The van der Waals surface area contributed by atoms with E-state index in [2.05, 4.69) is 12.2 Å². The smallest absolute Gasteiger partial charge is 0.118 e. The molecule has 0 spiro atoms. The number of rotatable bonds is 3. The topological polar surface area (TPSA) is 41.5 Å². The number of aryl methyl sites for hydroxylation is 2. The molecular weight excluding hydrogens is 226 g/mol. The van der Waals surface area contributed by atoms with Crippen molar-refractivity contribution < 1.29 is 9.84 Å². The van der Waals surface area contributed by atoms with E-state index in [1.807, 2.05) is 26.0 Å². The molecule has 2 rings (SSSR count). The van der Waals surface area contributed by atoms with E-state index in [0.29, 0.717) is 17.9 Å². The van der Waals surface area contributed by atoms with Crippen LogP contribution in [0.25, 0.3) is 0 Å². The molecule has 0 bridgehead atoms. The second-order valence-electron chi connectivity index (χ2n) is 5.22. The van der Waals surface area contributed by atoms with Crippen molar-refractivity contribution in [2.24, 2.45) is 0 Å². The highest BCUT2D eigenvalue weighted by atomic mass is 16.5. The van der Waals surface area contributed by atoms with E-state index in [0.717, 1.165) is 42.7 Å². The molecule has 0 amide bonds. The average molecular weight is 249 g/mol. The Hall–Kier alpha value is -1.22. The summed E-state index contributed by atoms with van der Waals surface area (Å²) in [6, 6.07) is 4.33. The van der Waals surface area contributed by atoms with Gasteiger partial charge < -0.3 is 15.2 Å². The lowest BCUT2D eigenvalue weighted by molar-refractivity contribution is 0.00924. The van der Waals surface area contributed by atoms with Crippen molar-refractivity contribution in [1.82, 2.24) is 0 Å². The summed E-state index contributed by atoms with van der Waals surface area (Å²) in [5, 5.41) is 13.3. The van der Waals surface area contributed by atoms with Gasteiger partial charge in [0.25, 0.3) is 0 Å². The summed E-state index contributed by atoms with van der Waals surface area (Å²) < 4.78 is 5.69. The minimum atomic E-state index is 0.372. The van der Waals surface area contributed by atoms with E-state index in [-0.39, 0.29) is 0 Å². The molecule has 0 aliphatic carbocycles. The molecule has 3 heteroatoms. The second kappa shape index (κ2) is 5.61. The van der Waals surface area contributed by atoms with Gasteiger partial charge in [-0.3, -0.25) is 0 Å². The standard InChI is InChI=1S/C15H23NO2/c1-4-13-9-12(5-6-18-13)16-14-7-11(3)15(17)8-10(14)2/h7-8,12-13,16-17H,4-6,9H2,1-3H3. The number of anilines is 1. The monoisotopic (exact) mass is 249 g/mol. The first kappa shape index (κ1) is 13.2. The second-order valence-corrected chi connectivity index (χ2v) is 5.22. The van der Waals surface area contributed by atoms with Gasteiger partial charge in [0.2, 0.25) is 0 Å². The fourth-order valence-corrected chi connectivity index (χ4v) is 2.47. The Morgan fingerprint density at radius 3 is 2.83 bits per heavy atom. The third kappa shape index (κ3) is 2.96. The van der Waals surface area contributed by atoms with E-state index >= 15 is 0 Å². The highest BCUT2D eigenvalue weighted by Gasteiger charge is 2.21. The van der Waals surface area contributed by atoms with Crippen LogP contribution in [0, 0.1) is 13.8 Å². The van der Waals surface area contributed by atoms with Crippen LogP contribution < -0.4 is 5.32 Å². The van der Waals surface area contributed by atoms with Crippen molar-refractivity contribution in [2.75, 3.05) is 11.9 Å². The number of aromatic hydroxyl groups is 1. The zero-order chi connectivity index (χ0) is 13.1. The van der Waals surface area contributed by atoms with E-state index in [1.54, 1.807) is 0 Å². The fraction of sp³-hybridized carbons (Fsp3) is 0.600. The number of phenols is 1. The Morgan fingerprint density at radius 2 is 2.11 bits per heavy atom. The number of ether oxygens (including phenoxy) is 1. The molecule has 1 saturated heterocycles. The van der Waals surface area contributed by atoms with Crippen LogP contribution in [0.4, 0.5) is 5.69 Å². The molecule has 1 aliphatic rings. The molecule has 0 radical (unpaired) electrons. The van der Waals surface area contributed by atoms with Crippen LogP contribution in [-0.4, -0.2) is 23.9 Å². The molecule has 2 atom stereocenters. The van der Waals surface area contributed by atoms with Gasteiger partial charge in [-0.1, -0.05) is 6.92 Å². The molecule has 2 N–H and O–H groups in total. The maximum atomic E-state index is 9.66. The van der Waals surface area contributed by atoms with Gasteiger partial charge in [0, 0.05) is 18.3 Å². The van der Waals surface area contributed by atoms with E-state index in [9.17, 15) is 5.11 Å². The van der Waals surface area contributed by atoms with Crippen LogP contribution in [0.2, 0.25) is 0 Å². The summed E-state index contributed by atoms with van der Waals surface area (Å²) in [4.78, 5) is 0. The molecule has 1 aliphatic heterocycles. The van der Waals surface area contributed by atoms with Crippen molar-refractivity contribution >= 4 is 5.69 Å². The average Bonchev–Trinajstić information content (AvgIpc) is 2.36. The highest BCUT2D eigenvalue weighted by Crippen LogP contribution is 2.27. The van der Waals surface area contributed by atoms with Crippen molar-refractivity contribution in [3.8, 4) is 5.75 Å². The Kier molecular flexibility index (Phi) is 4.12. The van der Waals surface area contributed by atoms with E-state index in [1.165, 1.54) is 0 Å². The Balaban J connectivity index is 2.07. The predicted octanol–water partition coefficient (Wildman–Crippen LogP) is 3.38. The quantitative estimate of drug-likeness (QED) is 0.807. The van der Waals surface area contributed by atoms with Crippen molar-refractivity contribution in [3.63, 3.8) is 0 Å². The number of phenolic OH excluding ortho intramolecular Hbond substituents is 1. The summed E-state index contributed by atoms with van der Waals surface area (Å²) in [5.74, 6) is 0.372. The lowest BCUT2D eigenvalue weighted by atomic mass is 10.0. The first-order valence-electron chi connectivity index (χ1n) is 6.78. The summed E-state index contributed by atoms with van der Waals surface area (Å²) in [7, 11) is 0. The summed E-state index contributed by atoms with van der Waals surface area (Å²) >= 11 is 0. The van der Waals surface area contributed by atoms with Crippen molar-refractivity contribution in [1.29, 1.82) is 0 Å². The van der Waals surface area contributed by atoms with Crippen LogP contribution in [0.3, 0.4) is 0 Å². The molecule has 1 aromatic rings. The normalized spacial score (nSPS) is 23.9. The molecule has 3 nitrogen and oxygen atoms in total. The first-order valence-corrected chi connectivity index (χ1v) is 6.78. The molecule has 100 valence electrons. The third-order valence-electron chi connectivity index (χ3n) is 3.73. The predicted molar refractivity (Wildman–Crippen MR) is 74.3 cm³/mol. The minimum absolute atomic E-state index is 0.372. The van der Waals surface area contributed by atoms with Gasteiger partial charge >= 0.3 is 0 Å². The first-order chi connectivity index (χ1) is 8.60. The molecule has 1 heterocycles. The SMILES string of the molecule is CCC1CC(Nc2cc(C)c(O)cc2C)CCO1. The molecule has 1 aromatic carbocycles.